The van der Waals surface area contributed by atoms with Crippen molar-refractivity contribution in [3.05, 3.63) is 33.2 Å². The standard InChI is InChI=1S/C9H9ClN6O4/c10-4-5(16-2-1-3(11)13-7(16)18)20-9(14-15-12)6(17)8(4,9)19/h1-2,4-6,17,19H,(H2,11,13,18)/t4-,5+,6?,8+,9?/m0/s1. The van der Waals surface area contributed by atoms with Crippen LogP contribution in [0.2, 0.25) is 0 Å². The van der Waals surface area contributed by atoms with E-state index in [4.69, 9.17) is 27.6 Å². The molecular weight excluding hydrogens is 292 g/mol. The summed E-state index contributed by atoms with van der Waals surface area (Å²) in [6.07, 6.45) is -1.31. The molecule has 1 saturated carbocycles. The number of nitrogens with zero attached hydrogens (tertiary/aromatic N) is 5. The van der Waals surface area contributed by atoms with Crippen LogP contribution in [0.25, 0.3) is 10.4 Å². The van der Waals surface area contributed by atoms with Crippen LogP contribution in [0, 0.1) is 0 Å². The fraction of sp³-hybridized carbons (Fsp3) is 0.556. The number of aliphatic hydroxyl groups excluding tert-OH is 1. The van der Waals surface area contributed by atoms with E-state index in [-0.39, 0.29) is 5.82 Å². The molecular formula is C9H9ClN6O4. The van der Waals surface area contributed by atoms with Gasteiger partial charge in [-0.05, 0) is 11.6 Å². The minimum absolute atomic E-state index is 0.0176. The molecule has 20 heavy (non-hydrogen) atoms. The third-order valence-corrected chi connectivity index (χ3v) is 4.12. The van der Waals surface area contributed by atoms with Gasteiger partial charge in [0, 0.05) is 11.1 Å². The van der Waals surface area contributed by atoms with Gasteiger partial charge < -0.3 is 20.7 Å². The lowest BCUT2D eigenvalue weighted by molar-refractivity contribution is -0.0632. The summed E-state index contributed by atoms with van der Waals surface area (Å²) in [5.41, 5.74) is 9.28. The van der Waals surface area contributed by atoms with E-state index >= 15 is 0 Å². The second-order valence-electron chi connectivity index (χ2n) is 4.57. The number of fused-ring (bicyclic) bond motifs is 1. The molecule has 2 heterocycles. The molecule has 0 aromatic carbocycles. The molecule has 2 fully saturated rings. The molecule has 1 aliphatic carbocycles. The molecule has 10 nitrogen and oxygen atoms in total. The zero-order valence-corrected chi connectivity index (χ0v) is 10.5. The number of hydrogen-bond acceptors (Lipinski definition) is 7. The molecule has 0 bridgehead atoms. The maximum absolute atomic E-state index is 11.7. The number of rotatable bonds is 2. The quantitative estimate of drug-likeness (QED) is 0.277. The monoisotopic (exact) mass is 300 g/mol. The molecule has 1 aromatic rings. The number of aliphatic hydroxyl groups is 2. The highest BCUT2D eigenvalue weighted by atomic mass is 35.5. The van der Waals surface area contributed by atoms with Crippen molar-refractivity contribution < 1.29 is 14.9 Å². The van der Waals surface area contributed by atoms with Gasteiger partial charge in [0.2, 0.25) is 5.72 Å². The van der Waals surface area contributed by atoms with Crippen LogP contribution in [-0.4, -0.2) is 42.6 Å². The third-order valence-electron chi connectivity index (χ3n) is 3.57. The number of nitrogen functional groups attached to an aromatic ring is 1. The van der Waals surface area contributed by atoms with Crippen molar-refractivity contribution in [1.29, 1.82) is 0 Å². The smallest absolute Gasteiger partial charge is 0.351 e. The minimum Gasteiger partial charge on any atom is -0.387 e. The molecule has 1 saturated heterocycles. The van der Waals surface area contributed by atoms with Crippen molar-refractivity contribution in [3.8, 4) is 0 Å². The average molecular weight is 301 g/mol. The highest BCUT2D eigenvalue weighted by molar-refractivity contribution is 6.22. The minimum atomic E-state index is -1.95. The SMILES string of the molecule is [N-]=[N+]=NC12O[C@@H](n3ccc(N)nc3=O)[C@H](Cl)[C@@]1(O)C2O. The highest BCUT2D eigenvalue weighted by Gasteiger charge is 2.87. The number of azide groups is 1. The lowest BCUT2D eigenvalue weighted by atomic mass is 10.2. The Morgan fingerprint density at radius 3 is 3.00 bits per heavy atom. The summed E-state index contributed by atoms with van der Waals surface area (Å²) in [6, 6.07) is 1.35. The van der Waals surface area contributed by atoms with Gasteiger partial charge in [0.1, 0.15) is 17.3 Å². The molecule has 106 valence electrons. The molecule has 5 atom stereocenters. The first-order chi connectivity index (χ1) is 9.38. The molecule has 0 amide bonds. The van der Waals surface area contributed by atoms with Crippen molar-refractivity contribution in [2.75, 3.05) is 5.73 Å². The molecule has 4 N–H and O–H groups in total. The van der Waals surface area contributed by atoms with Crippen molar-refractivity contribution >= 4 is 17.4 Å². The van der Waals surface area contributed by atoms with Crippen molar-refractivity contribution in [2.24, 2.45) is 5.11 Å². The molecule has 2 unspecified atom stereocenters. The Hall–Kier alpha value is -1.84. The first kappa shape index (κ1) is 13.2. The van der Waals surface area contributed by atoms with Gasteiger partial charge in [-0.1, -0.05) is 5.11 Å². The van der Waals surface area contributed by atoms with Gasteiger partial charge in [-0.25, -0.2) is 4.79 Å². The summed E-state index contributed by atoms with van der Waals surface area (Å²) in [5, 5.41) is 22.0. The van der Waals surface area contributed by atoms with E-state index in [1.807, 2.05) is 0 Å². The Bertz CT molecular complexity index is 689. The first-order valence-corrected chi connectivity index (χ1v) is 5.95. The van der Waals surface area contributed by atoms with Crippen LogP contribution in [-0.2, 0) is 4.74 Å². The predicted molar refractivity (Wildman–Crippen MR) is 65.5 cm³/mol. The van der Waals surface area contributed by atoms with Crippen LogP contribution in [0.1, 0.15) is 6.23 Å². The van der Waals surface area contributed by atoms with Crippen molar-refractivity contribution in [3.63, 3.8) is 0 Å². The Kier molecular flexibility index (Phi) is 2.53. The summed E-state index contributed by atoms with van der Waals surface area (Å²) in [4.78, 5) is 17.8. The second kappa shape index (κ2) is 3.84. The fourth-order valence-corrected chi connectivity index (χ4v) is 2.88. The van der Waals surface area contributed by atoms with Gasteiger partial charge in [-0.3, -0.25) is 4.57 Å². The van der Waals surface area contributed by atoms with E-state index in [9.17, 15) is 15.0 Å². The predicted octanol–water partition coefficient (Wildman–Crippen LogP) is -0.926. The lowest BCUT2D eigenvalue weighted by Gasteiger charge is -2.22. The Morgan fingerprint density at radius 2 is 2.40 bits per heavy atom. The van der Waals surface area contributed by atoms with Crippen LogP contribution < -0.4 is 11.4 Å². The molecule has 1 aliphatic heterocycles. The van der Waals surface area contributed by atoms with Crippen molar-refractivity contribution in [1.82, 2.24) is 9.55 Å². The van der Waals surface area contributed by atoms with E-state index in [0.717, 1.165) is 4.57 Å². The van der Waals surface area contributed by atoms with Gasteiger partial charge in [-0.2, -0.15) is 4.98 Å². The zero-order chi connectivity index (χ0) is 14.7. The van der Waals surface area contributed by atoms with E-state index in [0.29, 0.717) is 0 Å². The number of hydrogen-bond donors (Lipinski definition) is 3. The maximum Gasteiger partial charge on any atom is 0.351 e. The summed E-state index contributed by atoms with van der Waals surface area (Å²) < 4.78 is 6.33. The normalized spacial score (nSPS) is 41.9. The van der Waals surface area contributed by atoms with Crippen LogP contribution in [0.15, 0.2) is 22.2 Å². The number of aromatic nitrogens is 2. The van der Waals surface area contributed by atoms with E-state index in [2.05, 4.69) is 15.0 Å². The van der Waals surface area contributed by atoms with E-state index in [1.54, 1.807) is 0 Å². The Balaban J connectivity index is 2.04. The molecule has 1 aromatic heterocycles. The van der Waals surface area contributed by atoms with E-state index < -0.39 is 34.7 Å². The lowest BCUT2D eigenvalue weighted by Crippen LogP contribution is -2.37. The number of nitrogens with two attached hydrogens (primary N) is 1. The zero-order valence-electron chi connectivity index (χ0n) is 9.79. The molecule has 2 aliphatic rings. The van der Waals surface area contributed by atoms with Gasteiger partial charge in [0.15, 0.2) is 11.8 Å². The van der Waals surface area contributed by atoms with Crippen LogP contribution in [0.4, 0.5) is 5.82 Å². The van der Waals surface area contributed by atoms with Gasteiger partial charge in [0.05, 0.1) is 0 Å². The Labute approximate surface area is 116 Å². The second-order valence-corrected chi connectivity index (χ2v) is 5.04. The summed E-state index contributed by atoms with van der Waals surface area (Å²) >= 11 is 6.04. The van der Waals surface area contributed by atoms with Crippen molar-refractivity contribution in [2.45, 2.75) is 29.0 Å². The molecule has 0 spiro atoms. The number of alkyl halides is 1. The highest BCUT2D eigenvalue weighted by Crippen LogP contribution is 2.64. The summed E-state index contributed by atoms with van der Waals surface area (Å²) in [6.45, 7) is 0. The number of halogens is 1. The molecule has 11 heteroatoms. The fourth-order valence-electron chi connectivity index (χ4n) is 2.43. The third kappa shape index (κ3) is 1.31. The number of ether oxygens (including phenoxy) is 1. The summed E-state index contributed by atoms with van der Waals surface area (Å²) in [7, 11) is 0. The van der Waals surface area contributed by atoms with Gasteiger partial charge in [0.25, 0.3) is 0 Å². The molecule has 3 rings (SSSR count). The topological polar surface area (TPSA) is 159 Å². The first-order valence-electron chi connectivity index (χ1n) is 5.51. The largest absolute Gasteiger partial charge is 0.387 e. The van der Waals surface area contributed by atoms with Crippen LogP contribution in [0.5, 0.6) is 0 Å². The van der Waals surface area contributed by atoms with E-state index in [1.165, 1.54) is 12.3 Å². The van der Waals surface area contributed by atoms with Crippen LogP contribution in [0.3, 0.4) is 0 Å². The average Bonchev–Trinajstić information content (AvgIpc) is 2.73. The number of anilines is 1. The maximum atomic E-state index is 11.7. The summed E-state index contributed by atoms with van der Waals surface area (Å²) in [5.74, 6) is 0.0176. The Morgan fingerprint density at radius 1 is 1.70 bits per heavy atom. The van der Waals surface area contributed by atoms with Crippen LogP contribution >= 0.6 is 11.6 Å². The molecule has 0 radical (unpaired) electrons. The van der Waals surface area contributed by atoms with Gasteiger partial charge >= 0.3 is 5.69 Å². The van der Waals surface area contributed by atoms with Gasteiger partial charge in [-0.15, -0.1) is 11.6 Å².